The van der Waals surface area contributed by atoms with E-state index in [1.807, 2.05) is 18.2 Å². The molecule has 2 fully saturated rings. The van der Waals surface area contributed by atoms with E-state index in [9.17, 15) is 29.7 Å². The Labute approximate surface area is 276 Å². The molecule has 3 heterocycles. The summed E-state index contributed by atoms with van der Waals surface area (Å²) in [5.74, 6) is -1.92. The van der Waals surface area contributed by atoms with Crippen molar-refractivity contribution in [3.8, 4) is 0 Å². The maximum atomic E-state index is 12.9. The summed E-state index contributed by atoms with van der Waals surface area (Å²) in [5.41, 5.74) is -3.80. The van der Waals surface area contributed by atoms with Gasteiger partial charge < -0.3 is 39.4 Å². The van der Waals surface area contributed by atoms with Crippen LogP contribution in [0.25, 0.3) is 0 Å². The van der Waals surface area contributed by atoms with E-state index in [1.165, 1.54) is 25.5 Å². The third-order valence-corrected chi connectivity index (χ3v) is 9.45. The predicted octanol–water partition coefficient (Wildman–Crippen LogP) is 2.43. The lowest BCUT2D eigenvalue weighted by molar-refractivity contribution is -0.235. The van der Waals surface area contributed by atoms with Crippen LogP contribution in [0.1, 0.15) is 46.8 Å². The van der Waals surface area contributed by atoms with Gasteiger partial charge in [0.2, 0.25) is 17.4 Å². The molecule has 12 heteroatoms. The van der Waals surface area contributed by atoms with Crippen LogP contribution >= 0.6 is 0 Å². The highest BCUT2D eigenvalue weighted by Crippen LogP contribution is 2.51. The van der Waals surface area contributed by atoms with Crippen LogP contribution in [0, 0.1) is 17.3 Å². The van der Waals surface area contributed by atoms with Gasteiger partial charge in [0, 0.05) is 27.1 Å². The van der Waals surface area contributed by atoms with Crippen LogP contribution in [-0.2, 0) is 30.3 Å². The molecule has 2 amide bonds. The average Bonchev–Trinajstić information content (AvgIpc) is 3.62. The molecule has 0 saturated carbocycles. The van der Waals surface area contributed by atoms with Gasteiger partial charge in [0.1, 0.15) is 18.0 Å². The SMILES string of the molecule is CO[C@@H](C[C@@H](C)[C@@H](O)/C=C/C=C/CNC(=O)C(C)(C)[C@H](O)/C(C)=C/C=C/C=C/Cc1cnco1)[C@]1(O)[C@@H](C)C(=O)N(C)[C@@]12COC2=O. The van der Waals surface area contributed by atoms with Crippen molar-refractivity contribution in [2.75, 3.05) is 27.3 Å². The number of aromatic nitrogens is 1. The summed E-state index contributed by atoms with van der Waals surface area (Å²) in [5, 5.41) is 36.2. The zero-order valence-electron chi connectivity index (χ0n) is 28.3. The van der Waals surface area contributed by atoms with Crippen molar-refractivity contribution in [2.24, 2.45) is 17.3 Å². The minimum atomic E-state index is -1.83. The number of carbonyl (C=O) groups is 3. The van der Waals surface area contributed by atoms with Crippen molar-refractivity contribution < 1.29 is 43.6 Å². The lowest BCUT2D eigenvalue weighted by Gasteiger charge is -2.51. The fourth-order valence-electron chi connectivity index (χ4n) is 6.11. The van der Waals surface area contributed by atoms with Gasteiger partial charge in [-0.25, -0.2) is 9.78 Å². The van der Waals surface area contributed by atoms with Gasteiger partial charge >= 0.3 is 5.97 Å². The van der Waals surface area contributed by atoms with E-state index in [0.29, 0.717) is 12.0 Å². The molecule has 0 aliphatic carbocycles. The van der Waals surface area contributed by atoms with Gasteiger partial charge in [-0.2, -0.15) is 0 Å². The second-order valence-electron chi connectivity index (χ2n) is 12.9. The number of aliphatic hydroxyl groups is 3. The van der Waals surface area contributed by atoms with Crippen LogP contribution in [-0.4, -0.2) is 99.7 Å². The number of likely N-dealkylation sites (tertiary alicyclic amines) is 1. The van der Waals surface area contributed by atoms with E-state index in [1.54, 1.807) is 77.3 Å². The Kier molecular flexibility index (Phi) is 12.7. The van der Waals surface area contributed by atoms with E-state index >= 15 is 0 Å². The number of cyclic esters (lactones) is 1. The summed E-state index contributed by atoms with van der Waals surface area (Å²) in [6.45, 7) is 8.54. The number of likely N-dealkylation sites (N-methyl/N-ethyl adjacent to an activating group) is 1. The predicted molar refractivity (Wildman–Crippen MR) is 174 cm³/mol. The molecule has 47 heavy (non-hydrogen) atoms. The number of allylic oxidation sites excluding steroid dienone is 7. The molecule has 3 rings (SSSR count). The molecule has 7 atom stereocenters. The molecule has 1 aromatic rings. The molecule has 0 unspecified atom stereocenters. The number of ether oxygens (including phenoxy) is 2. The number of nitrogens with zero attached hydrogens (tertiary/aromatic N) is 2. The van der Waals surface area contributed by atoms with Gasteiger partial charge in [-0.1, -0.05) is 68.5 Å². The summed E-state index contributed by atoms with van der Waals surface area (Å²) in [7, 11) is 2.88. The second kappa shape index (κ2) is 15.8. The first-order valence-electron chi connectivity index (χ1n) is 15.7. The lowest BCUT2D eigenvalue weighted by atomic mass is 9.68. The topological polar surface area (TPSA) is 172 Å². The largest absolute Gasteiger partial charge is 0.460 e. The number of amides is 2. The highest BCUT2D eigenvalue weighted by atomic mass is 16.6. The molecule has 12 nitrogen and oxygen atoms in total. The van der Waals surface area contributed by atoms with E-state index in [0.717, 1.165) is 5.76 Å². The van der Waals surface area contributed by atoms with Crippen molar-refractivity contribution in [2.45, 2.75) is 76.9 Å². The zero-order valence-corrected chi connectivity index (χ0v) is 28.3. The molecule has 0 aromatic carbocycles. The van der Waals surface area contributed by atoms with Crippen molar-refractivity contribution in [1.29, 1.82) is 0 Å². The number of methoxy groups -OCH3 is 1. The summed E-state index contributed by atoms with van der Waals surface area (Å²) in [6.07, 6.45) is 16.7. The van der Waals surface area contributed by atoms with Gasteiger partial charge in [-0.3, -0.25) is 9.59 Å². The summed E-state index contributed by atoms with van der Waals surface area (Å²) >= 11 is 0. The minimum Gasteiger partial charge on any atom is -0.460 e. The summed E-state index contributed by atoms with van der Waals surface area (Å²) in [6, 6.07) is 0. The molecular weight excluding hydrogens is 606 g/mol. The summed E-state index contributed by atoms with van der Waals surface area (Å²) < 4.78 is 15.8. The van der Waals surface area contributed by atoms with E-state index in [4.69, 9.17) is 13.9 Å². The number of esters is 1. The Hall–Kier alpha value is -3.84. The van der Waals surface area contributed by atoms with E-state index < -0.39 is 52.7 Å². The smallest absolute Gasteiger partial charge is 0.338 e. The maximum Gasteiger partial charge on any atom is 0.338 e. The van der Waals surface area contributed by atoms with Gasteiger partial charge in [-0.05, 0) is 38.7 Å². The van der Waals surface area contributed by atoms with Crippen LogP contribution < -0.4 is 5.32 Å². The van der Waals surface area contributed by atoms with Crippen LogP contribution in [0.5, 0.6) is 0 Å². The van der Waals surface area contributed by atoms with Gasteiger partial charge in [0.15, 0.2) is 6.39 Å². The van der Waals surface area contributed by atoms with Crippen LogP contribution in [0.2, 0.25) is 0 Å². The minimum absolute atomic E-state index is 0.124. The number of oxazole rings is 1. The third-order valence-electron chi connectivity index (χ3n) is 9.45. The highest BCUT2D eigenvalue weighted by molar-refractivity contribution is 5.99. The van der Waals surface area contributed by atoms with Gasteiger partial charge in [-0.15, -0.1) is 0 Å². The highest BCUT2D eigenvalue weighted by Gasteiger charge is 2.77. The molecule has 0 bridgehead atoms. The fraction of sp³-hybridized carbons (Fsp3) is 0.543. The number of hydrogen-bond acceptors (Lipinski definition) is 10. The molecular formula is C35H49N3O9. The van der Waals surface area contributed by atoms with E-state index in [-0.39, 0.29) is 31.4 Å². The quantitative estimate of drug-likeness (QED) is 0.153. The Balaban J connectivity index is 1.48. The van der Waals surface area contributed by atoms with Crippen LogP contribution in [0.3, 0.4) is 0 Å². The summed E-state index contributed by atoms with van der Waals surface area (Å²) in [4.78, 5) is 43.3. The van der Waals surface area contributed by atoms with Crippen molar-refractivity contribution in [1.82, 2.24) is 15.2 Å². The molecule has 1 aromatic heterocycles. The molecule has 1 spiro atoms. The molecule has 258 valence electrons. The monoisotopic (exact) mass is 655 g/mol. The van der Waals surface area contributed by atoms with Crippen molar-refractivity contribution >= 4 is 17.8 Å². The number of aliphatic hydroxyl groups excluding tert-OH is 2. The van der Waals surface area contributed by atoms with Gasteiger partial charge in [0.05, 0.1) is 35.8 Å². The molecule has 2 aliphatic heterocycles. The zero-order chi connectivity index (χ0) is 35.0. The Morgan fingerprint density at radius 2 is 1.91 bits per heavy atom. The van der Waals surface area contributed by atoms with Gasteiger partial charge in [0.25, 0.3) is 0 Å². The average molecular weight is 656 g/mol. The molecule has 2 saturated heterocycles. The Morgan fingerprint density at radius 3 is 2.51 bits per heavy atom. The Morgan fingerprint density at radius 1 is 1.21 bits per heavy atom. The number of rotatable bonds is 16. The van der Waals surface area contributed by atoms with E-state index in [2.05, 4.69) is 10.3 Å². The third kappa shape index (κ3) is 7.67. The normalized spacial score (nSPS) is 26.5. The first-order valence-corrected chi connectivity index (χ1v) is 15.7. The standard InChI is InChI=1S/C35H49N3O9/c1-23(15-11-8-9-12-16-26-20-36-22-47-26)29(40)33(4,5)31(42)37-18-14-10-13-17-27(39)24(2)19-28(45-7)35(44)25(3)30(41)38(6)34(35)21-46-32(34)43/h8-15,17,20,22,24-25,27-29,39-40,44H,16,18-19,21H2,1-7H3,(H,37,42)/b11-8+,12-9+,14-10+,17-13+,23-15+/t24-,25+,27+,28+,29-,34-,35-/m1/s1. The molecule has 2 aliphatic rings. The number of carbonyl (C=O) groups excluding carboxylic acids is 3. The maximum absolute atomic E-state index is 12.9. The molecule has 0 radical (unpaired) electrons. The second-order valence-corrected chi connectivity index (χ2v) is 12.9. The van der Waals surface area contributed by atoms with Crippen LogP contribution in [0.15, 0.2) is 77.3 Å². The number of nitrogens with one attached hydrogen (secondary N) is 1. The fourth-order valence-corrected chi connectivity index (χ4v) is 6.11. The molecule has 4 N–H and O–H groups in total. The van der Waals surface area contributed by atoms with Crippen molar-refractivity contribution in [3.63, 3.8) is 0 Å². The lowest BCUT2D eigenvalue weighted by Crippen LogP contribution is -2.76. The Bertz CT molecular complexity index is 1400. The first kappa shape index (κ1) is 37.6. The first-order chi connectivity index (χ1) is 22.2. The number of hydrogen-bond donors (Lipinski definition) is 4. The van der Waals surface area contributed by atoms with Crippen LogP contribution in [0.4, 0.5) is 0 Å². The van der Waals surface area contributed by atoms with Crippen molar-refractivity contribution in [3.05, 3.63) is 78.6 Å².